The minimum Gasteiger partial charge on any atom is -0.481 e. The molecule has 36 heavy (non-hydrogen) atoms. The fourth-order valence-corrected chi connectivity index (χ4v) is 4.09. The summed E-state index contributed by atoms with van der Waals surface area (Å²) in [6, 6.07) is 4.79. The SMILES string of the molecule is CCN(Cc1cc(C(F)(F)F)ccc1-c1cc(CC(=O)O)n2ccc(C(F)(F)F)nc12)C(=O)C1CC1. The van der Waals surface area contributed by atoms with Crippen molar-refractivity contribution in [2.24, 2.45) is 5.92 Å². The molecule has 0 bridgehead atoms. The highest BCUT2D eigenvalue weighted by Crippen LogP contribution is 2.38. The molecule has 1 saturated carbocycles. The van der Waals surface area contributed by atoms with Crippen molar-refractivity contribution in [1.82, 2.24) is 14.3 Å². The fraction of sp³-hybridized carbons (Fsp3) is 0.375. The maximum Gasteiger partial charge on any atom is 0.433 e. The van der Waals surface area contributed by atoms with Crippen LogP contribution in [0.15, 0.2) is 36.5 Å². The molecule has 1 N–H and O–H groups in total. The van der Waals surface area contributed by atoms with Gasteiger partial charge in [0.2, 0.25) is 5.91 Å². The summed E-state index contributed by atoms with van der Waals surface area (Å²) in [7, 11) is 0. The molecule has 1 aromatic carbocycles. The lowest BCUT2D eigenvalue weighted by molar-refractivity contribution is -0.141. The van der Waals surface area contributed by atoms with Crippen molar-refractivity contribution in [1.29, 1.82) is 0 Å². The Balaban J connectivity index is 1.92. The normalized spacial score (nSPS) is 14.3. The predicted molar refractivity (Wildman–Crippen MR) is 116 cm³/mol. The minimum absolute atomic E-state index is 0.0380. The third-order valence-corrected chi connectivity index (χ3v) is 6.02. The van der Waals surface area contributed by atoms with Crippen LogP contribution in [-0.2, 0) is 34.9 Å². The number of carboxylic acids is 1. The highest BCUT2D eigenvalue weighted by atomic mass is 19.4. The quantitative estimate of drug-likeness (QED) is 0.428. The van der Waals surface area contributed by atoms with Gasteiger partial charge >= 0.3 is 18.3 Å². The third-order valence-electron chi connectivity index (χ3n) is 6.02. The Kier molecular flexibility index (Phi) is 6.48. The molecular weight excluding hydrogens is 492 g/mol. The Morgan fingerprint density at radius 2 is 1.75 bits per heavy atom. The van der Waals surface area contributed by atoms with Crippen LogP contribution in [0.1, 0.15) is 42.3 Å². The molecule has 12 heteroatoms. The number of fused-ring (bicyclic) bond motifs is 1. The molecule has 192 valence electrons. The van der Waals surface area contributed by atoms with Crippen molar-refractivity contribution < 1.29 is 41.0 Å². The molecule has 0 unspecified atom stereocenters. The van der Waals surface area contributed by atoms with Crippen LogP contribution in [0.5, 0.6) is 0 Å². The molecule has 6 nitrogen and oxygen atoms in total. The average molecular weight is 513 g/mol. The molecule has 0 radical (unpaired) electrons. The second-order valence-electron chi connectivity index (χ2n) is 8.62. The summed E-state index contributed by atoms with van der Waals surface area (Å²) in [5.41, 5.74) is -2.13. The molecule has 0 atom stereocenters. The summed E-state index contributed by atoms with van der Waals surface area (Å²) in [5, 5.41) is 9.26. The van der Waals surface area contributed by atoms with Gasteiger partial charge in [-0.1, -0.05) is 6.07 Å². The van der Waals surface area contributed by atoms with E-state index in [1.807, 2.05) is 0 Å². The second kappa shape index (κ2) is 9.14. The molecule has 4 rings (SSSR count). The number of aliphatic carboxylic acids is 1. The highest BCUT2D eigenvalue weighted by Gasteiger charge is 2.36. The van der Waals surface area contributed by atoms with Gasteiger partial charge < -0.3 is 14.4 Å². The van der Waals surface area contributed by atoms with Gasteiger partial charge in [0.1, 0.15) is 11.3 Å². The standard InChI is InChI=1S/C24H21F6N3O3/c1-2-32(22(36)13-3-4-13)12-14-9-15(23(25,26)27)5-6-17(14)18-10-16(11-20(34)35)33-8-7-19(24(28,29)30)31-21(18)33/h5-10,13H,2-4,11-12H2,1H3,(H,34,35). The number of aromatic nitrogens is 2. The van der Waals surface area contributed by atoms with Crippen LogP contribution in [-0.4, -0.2) is 37.8 Å². The molecule has 1 aliphatic rings. The van der Waals surface area contributed by atoms with Gasteiger partial charge in [0, 0.05) is 36.5 Å². The number of carbonyl (C=O) groups excluding carboxylic acids is 1. The number of carboxylic acid groups (broad SMARTS) is 1. The van der Waals surface area contributed by atoms with Crippen molar-refractivity contribution in [3.05, 3.63) is 59.0 Å². The first-order chi connectivity index (χ1) is 16.8. The summed E-state index contributed by atoms with van der Waals surface area (Å²) in [5.74, 6) is -1.64. The topological polar surface area (TPSA) is 74.9 Å². The summed E-state index contributed by atoms with van der Waals surface area (Å²) >= 11 is 0. The number of halogens is 6. The number of amides is 1. The lowest BCUT2D eigenvalue weighted by Crippen LogP contribution is -2.31. The fourth-order valence-electron chi connectivity index (χ4n) is 4.09. The predicted octanol–water partition coefficient (Wildman–Crippen LogP) is 5.42. The van der Waals surface area contributed by atoms with Crippen molar-refractivity contribution in [2.45, 2.75) is 45.1 Å². The van der Waals surface area contributed by atoms with Crippen LogP contribution in [0, 0.1) is 5.92 Å². The molecular formula is C24H21F6N3O3. The van der Waals surface area contributed by atoms with E-state index in [1.54, 1.807) is 6.92 Å². The van der Waals surface area contributed by atoms with Crippen LogP contribution in [0.3, 0.4) is 0 Å². The first-order valence-corrected chi connectivity index (χ1v) is 11.1. The zero-order chi connectivity index (χ0) is 26.4. The lowest BCUT2D eigenvalue weighted by atomic mass is 9.97. The monoisotopic (exact) mass is 513 g/mol. The van der Waals surface area contributed by atoms with Crippen molar-refractivity contribution in [3.63, 3.8) is 0 Å². The smallest absolute Gasteiger partial charge is 0.433 e. The highest BCUT2D eigenvalue weighted by molar-refractivity contribution is 5.84. The van der Waals surface area contributed by atoms with Gasteiger partial charge in [0.05, 0.1) is 12.0 Å². The third kappa shape index (κ3) is 5.17. The zero-order valence-electron chi connectivity index (χ0n) is 19.0. The van der Waals surface area contributed by atoms with Crippen LogP contribution < -0.4 is 0 Å². The summed E-state index contributed by atoms with van der Waals surface area (Å²) < 4.78 is 81.9. The van der Waals surface area contributed by atoms with E-state index >= 15 is 0 Å². The van der Waals surface area contributed by atoms with Crippen molar-refractivity contribution >= 4 is 17.5 Å². The Morgan fingerprint density at radius 1 is 1.06 bits per heavy atom. The van der Waals surface area contributed by atoms with Crippen LogP contribution in [0.25, 0.3) is 16.8 Å². The number of alkyl halides is 6. The van der Waals surface area contributed by atoms with E-state index in [9.17, 15) is 41.0 Å². The summed E-state index contributed by atoms with van der Waals surface area (Å²) in [4.78, 5) is 29.1. The Hall–Kier alpha value is -3.57. The molecule has 3 aromatic rings. The Labute approximate surface area is 201 Å². The van der Waals surface area contributed by atoms with Crippen LogP contribution >= 0.6 is 0 Å². The second-order valence-corrected chi connectivity index (χ2v) is 8.62. The molecule has 0 aliphatic heterocycles. The van der Waals surface area contributed by atoms with Gasteiger partial charge in [-0.05, 0) is 55.2 Å². The Morgan fingerprint density at radius 3 is 2.31 bits per heavy atom. The molecule has 1 fully saturated rings. The van der Waals surface area contributed by atoms with Gasteiger partial charge in [-0.15, -0.1) is 0 Å². The largest absolute Gasteiger partial charge is 0.481 e. The number of benzene rings is 1. The summed E-state index contributed by atoms with van der Waals surface area (Å²) in [6.45, 7) is 1.71. The van der Waals surface area contributed by atoms with Crippen molar-refractivity contribution in [2.75, 3.05) is 6.54 Å². The van der Waals surface area contributed by atoms with E-state index in [4.69, 9.17) is 0 Å². The maximum absolute atomic E-state index is 13.5. The molecule has 0 spiro atoms. The van der Waals surface area contributed by atoms with E-state index in [2.05, 4.69) is 4.98 Å². The van der Waals surface area contributed by atoms with E-state index in [1.165, 1.54) is 15.4 Å². The van der Waals surface area contributed by atoms with Gasteiger partial charge in [-0.25, -0.2) is 4.98 Å². The molecule has 1 amide bonds. The van der Waals surface area contributed by atoms with E-state index in [0.29, 0.717) is 18.9 Å². The number of nitrogens with zero attached hydrogens (tertiary/aromatic N) is 3. The molecule has 2 heterocycles. The van der Waals surface area contributed by atoms with E-state index < -0.39 is 36.0 Å². The van der Waals surface area contributed by atoms with Gasteiger partial charge in [0.25, 0.3) is 0 Å². The molecule has 1 aliphatic carbocycles. The van der Waals surface area contributed by atoms with Crippen LogP contribution in [0.2, 0.25) is 0 Å². The number of rotatable bonds is 7. The zero-order valence-corrected chi connectivity index (χ0v) is 19.0. The Bertz CT molecular complexity index is 1330. The molecule has 2 aromatic heterocycles. The average Bonchev–Trinajstić information content (AvgIpc) is 3.58. The number of carbonyl (C=O) groups is 2. The van der Waals surface area contributed by atoms with Crippen LogP contribution in [0.4, 0.5) is 26.3 Å². The lowest BCUT2D eigenvalue weighted by Gasteiger charge is -2.23. The van der Waals surface area contributed by atoms with Crippen molar-refractivity contribution in [3.8, 4) is 11.1 Å². The number of hydrogen-bond donors (Lipinski definition) is 1. The minimum atomic E-state index is -4.80. The first kappa shape index (κ1) is 25.5. The van der Waals surface area contributed by atoms with E-state index in [0.717, 1.165) is 24.4 Å². The molecule has 0 saturated heterocycles. The first-order valence-electron chi connectivity index (χ1n) is 11.1. The van der Waals surface area contributed by atoms with Gasteiger partial charge in [0.15, 0.2) is 0 Å². The number of hydrogen-bond acceptors (Lipinski definition) is 3. The van der Waals surface area contributed by atoms with Gasteiger partial charge in [-0.2, -0.15) is 26.3 Å². The van der Waals surface area contributed by atoms with Gasteiger partial charge in [-0.3, -0.25) is 9.59 Å². The maximum atomic E-state index is 13.5. The summed E-state index contributed by atoms with van der Waals surface area (Å²) in [6.07, 6.45) is -7.62. The van der Waals surface area contributed by atoms with E-state index in [-0.39, 0.29) is 52.9 Å².